The van der Waals surface area contributed by atoms with Crippen LogP contribution in [0, 0.1) is 20.8 Å². The molecule has 0 atom stereocenters. The van der Waals surface area contributed by atoms with Gasteiger partial charge < -0.3 is 9.73 Å². The highest BCUT2D eigenvalue weighted by molar-refractivity contribution is 6.53. The Hall–Kier alpha value is -3.88. The van der Waals surface area contributed by atoms with Gasteiger partial charge in [0.15, 0.2) is 0 Å². The number of pyridine rings is 1. The number of Topliss-reactive ketones (excluding diaryl/α,β-unsaturated/α-hetero) is 2. The first-order valence-electron chi connectivity index (χ1n) is 13.0. The van der Waals surface area contributed by atoms with Crippen LogP contribution in [0.3, 0.4) is 0 Å². The molecule has 2 aliphatic rings. The Morgan fingerprint density at radius 3 is 2.45 bits per heavy atom. The second-order valence-electron chi connectivity index (χ2n) is 10.0. The fourth-order valence-electron chi connectivity index (χ4n) is 5.02. The Balaban J connectivity index is 1.15. The summed E-state index contributed by atoms with van der Waals surface area (Å²) in [5.41, 5.74) is 5.24. The Morgan fingerprint density at radius 1 is 1.03 bits per heavy atom. The molecular weight excluding hydrogens is 480 g/mol. The number of aryl methyl sites for hydroxylation is 2. The molecule has 5 rings (SSSR count). The van der Waals surface area contributed by atoms with E-state index in [1.54, 1.807) is 24.5 Å². The van der Waals surface area contributed by atoms with Crippen molar-refractivity contribution in [1.82, 2.24) is 20.1 Å². The number of nitrogens with one attached hydrogen (secondary N) is 1. The lowest BCUT2D eigenvalue weighted by molar-refractivity contribution is -0.116. The monoisotopic (exact) mass is 512 g/mol. The second-order valence-corrected chi connectivity index (χ2v) is 10.0. The summed E-state index contributed by atoms with van der Waals surface area (Å²) >= 11 is 0. The molecule has 0 unspecified atom stereocenters. The number of hydrogen-bond donors (Lipinski definition) is 1. The van der Waals surface area contributed by atoms with Gasteiger partial charge in [0.2, 0.25) is 17.5 Å². The van der Waals surface area contributed by atoms with Crippen LogP contribution in [0.25, 0.3) is 17.4 Å². The third kappa shape index (κ3) is 5.23. The highest BCUT2D eigenvalue weighted by Gasteiger charge is 2.37. The van der Waals surface area contributed by atoms with Crippen molar-refractivity contribution in [3.63, 3.8) is 0 Å². The summed E-state index contributed by atoms with van der Waals surface area (Å²) in [5.74, 6) is 0.199. The minimum atomic E-state index is -0.481. The van der Waals surface area contributed by atoms with Crippen molar-refractivity contribution < 1.29 is 18.8 Å². The van der Waals surface area contributed by atoms with Gasteiger partial charge in [-0.05, 0) is 61.7 Å². The second kappa shape index (κ2) is 10.8. The Kier molecular flexibility index (Phi) is 7.35. The van der Waals surface area contributed by atoms with Crippen molar-refractivity contribution in [3.8, 4) is 11.3 Å². The van der Waals surface area contributed by atoms with E-state index < -0.39 is 11.6 Å². The van der Waals surface area contributed by atoms with Crippen molar-refractivity contribution in [2.75, 3.05) is 39.3 Å². The van der Waals surface area contributed by atoms with Gasteiger partial charge in [0.25, 0.3) is 0 Å². The van der Waals surface area contributed by atoms with Crippen molar-refractivity contribution in [1.29, 1.82) is 0 Å². The number of aromatic nitrogens is 1. The maximum absolute atomic E-state index is 12.9. The molecular formula is C30H32N4O4. The molecule has 1 aliphatic heterocycles. The molecule has 8 heteroatoms. The average molecular weight is 513 g/mol. The highest BCUT2D eigenvalue weighted by atomic mass is 16.3. The largest absolute Gasteiger partial charge is 0.459 e. The van der Waals surface area contributed by atoms with Gasteiger partial charge in [-0.1, -0.05) is 6.07 Å². The van der Waals surface area contributed by atoms with Gasteiger partial charge in [-0.2, -0.15) is 0 Å². The number of benzene rings is 1. The maximum Gasteiger partial charge on any atom is 0.244 e. The first-order valence-corrected chi connectivity index (χ1v) is 13.0. The van der Waals surface area contributed by atoms with Crippen molar-refractivity contribution in [2.24, 2.45) is 0 Å². The molecule has 2 aromatic heterocycles. The van der Waals surface area contributed by atoms with Gasteiger partial charge in [-0.3, -0.25) is 29.2 Å². The third-order valence-corrected chi connectivity index (χ3v) is 7.47. The topological polar surface area (TPSA) is 95.8 Å². The number of carbonyl (C=O) groups excluding carboxylic acids is 3. The molecule has 38 heavy (non-hydrogen) atoms. The van der Waals surface area contributed by atoms with Crippen LogP contribution in [0.4, 0.5) is 0 Å². The lowest BCUT2D eigenvalue weighted by atomic mass is 9.85. The molecule has 3 aromatic rings. The van der Waals surface area contributed by atoms with Gasteiger partial charge >= 0.3 is 0 Å². The van der Waals surface area contributed by atoms with Crippen LogP contribution in [-0.4, -0.2) is 71.5 Å². The van der Waals surface area contributed by atoms with Gasteiger partial charge in [-0.15, -0.1) is 0 Å². The van der Waals surface area contributed by atoms with E-state index in [1.165, 1.54) is 6.08 Å². The predicted molar refractivity (Wildman–Crippen MR) is 145 cm³/mol. The molecule has 1 amide bonds. The van der Waals surface area contributed by atoms with Crippen LogP contribution < -0.4 is 5.32 Å². The molecule has 0 spiro atoms. The third-order valence-electron chi connectivity index (χ3n) is 7.47. The van der Waals surface area contributed by atoms with E-state index in [2.05, 4.69) is 20.1 Å². The van der Waals surface area contributed by atoms with E-state index >= 15 is 0 Å². The van der Waals surface area contributed by atoms with Crippen LogP contribution in [0.2, 0.25) is 0 Å². The number of nitrogens with zero attached hydrogens (tertiary/aromatic N) is 3. The summed E-state index contributed by atoms with van der Waals surface area (Å²) in [6, 6.07) is 7.48. The molecule has 3 heterocycles. The lowest BCUT2D eigenvalue weighted by Gasteiger charge is -2.34. The maximum atomic E-state index is 12.9. The molecule has 1 fully saturated rings. The molecule has 0 radical (unpaired) electrons. The SMILES string of the molecule is Cc1cc2c(cc1C)-c1oc(CN3CCN(CCNC(=O)/C=C/c4cccnc4)CC3)c(C)c1C(=O)C2=O. The van der Waals surface area contributed by atoms with Gasteiger partial charge in [-0.25, -0.2) is 0 Å². The quantitative estimate of drug-likeness (QED) is 0.382. The standard InChI is InChI=1S/C30H32N4O4/c1-19-15-23-24(16-20(19)2)30-27(29(37)28(23)36)21(3)25(38-30)18-34-13-11-33(12-14-34)10-9-32-26(35)7-6-22-5-4-8-31-17-22/h4-8,15-17H,9-14,18H2,1-3H3,(H,32,35)/b7-6+. The summed E-state index contributed by atoms with van der Waals surface area (Å²) in [5, 5.41) is 2.93. The Morgan fingerprint density at radius 2 is 1.74 bits per heavy atom. The summed E-state index contributed by atoms with van der Waals surface area (Å²) in [4.78, 5) is 46.5. The number of rotatable bonds is 7. The van der Waals surface area contributed by atoms with Crippen LogP contribution in [0.1, 0.15) is 48.7 Å². The zero-order valence-corrected chi connectivity index (χ0v) is 22.0. The number of amides is 1. The van der Waals surface area contributed by atoms with E-state index in [0.717, 1.165) is 60.7 Å². The van der Waals surface area contributed by atoms with Gasteiger partial charge in [0.05, 0.1) is 12.1 Å². The normalized spacial score (nSPS) is 16.1. The minimum absolute atomic E-state index is 0.121. The van der Waals surface area contributed by atoms with Crippen molar-refractivity contribution in [2.45, 2.75) is 27.3 Å². The molecule has 1 saturated heterocycles. The van der Waals surface area contributed by atoms with E-state index in [9.17, 15) is 14.4 Å². The molecule has 1 N–H and O–H groups in total. The zero-order chi connectivity index (χ0) is 26.8. The first-order chi connectivity index (χ1) is 18.3. The zero-order valence-electron chi connectivity index (χ0n) is 22.0. The molecule has 1 aromatic carbocycles. The number of hydrogen-bond acceptors (Lipinski definition) is 7. The van der Waals surface area contributed by atoms with Crippen molar-refractivity contribution >= 4 is 23.5 Å². The van der Waals surface area contributed by atoms with E-state index in [0.29, 0.717) is 35.5 Å². The van der Waals surface area contributed by atoms with Gasteiger partial charge in [0, 0.05) is 74.4 Å². The number of ketones is 2. The Labute approximate surface area is 222 Å². The average Bonchev–Trinajstić information content (AvgIpc) is 3.24. The Bertz CT molecular complexity index is 1420. The van der Waals surface area contributed by atoms with Crippen LogP contribution in [0.15, 0.2) is 47.2 Å². The van der Waals surface area contributed by atoms with Crippen molar-refractivity contribution in [3.05, 3.63) is 81.9 Å². The number of furan rings is 1. The summed E-state index contributed by atoms with van der Waals surface area (Å²) in [7, 11) is 0. The van der Waals surface area contributed by atoms with E-state index in [4.69, 9.17) is 4.42 Å². The highest BCUT2D eigenvalue weighted by Crippen LogP contribution is 2.40. The summed E-state index contributed by atoms with van der Waals surface area (Å²) < 4.78 is 6.27. The fraction of sp³-hybridized carbons (Fsp3) is 0.333. The number of fused-ring (bicyclic) bond motifs is 3. The summed E-state index contributed by atoms with van der Waals surface area (Å²) in [6.07, 6.45) is 6.68. The predicted octanol–water partition coefficient (Wildman–Crippen LogP) is 3.59. The first kappa shape index (κ1) is 25.8. The number of piperazine rings is 1. The minimum Gasteiger partial charge on any atom is -0.459 e. The number of carbonyl (C=O) groups is 3. The molecule has 0 saturated carbocycles. The molecule has 196 valence electrons. The van der Waals surface area contributed by atoms with Gasteiger partial charge in [0.1, 0.15) is 11.5 Å². The van der Waals surface area contributed by atoms with Crippen LogP contribution in [0.5, 0.6) is 0 Å². The molecule has 8 nitrogen and oxygen atoms in total. The molecule has 1 aliphatic carbocycles. The lowest BCUT2D eigenvalue weighted by Crippen LogP contribution is -2.48. The fourth-order valence-corrected chi connectivity index (χ4v) is 5.02. The smallest absolute Gasteiger partial charge is 0.244 e. The summed E-state index contributed by atoms with van der Waals surface area (Å²) in [6.45, 7) is 11.2. The molecule has 0 bridgehead atoms. The van der Waals surface area contributed by atoms with E-state index in [1.807, 2.05) is 39.0 Å². The van der Waals surface area contributed by atoms with Crippen LogP contribution >= 0.6 is 0 Å². The van der Waals surface area contributed by atoms with E-state index in [-0.39, 0.29) is 5.91 Å². The van der Waals surface area contributed by atoms with Crippen LogP contribution in [-0.2, 0) is 11.3 Å².